The van der Waals surface area contributed by atoms with Crippen molar-refractivity contribution in [1.82, 2.24) is 5.32 Å². The second-order valence-electron chi connectivity index (χ2n) is 4.35. The molecule has 0 saturated carbocycles. The van der Waals surface area contributed by atoms with E-state index >= 15 is 0 Å². The molecule has 0 aliphatic carbocycles. The average molecular weight is 315 g/mol. The third-order valence-electron chi connectivity index (χ3n) is 3.35. The number of sulfone groups is 2. The molecular formula is C11H25NO5S2. The summed E-state index contributed by atoms with van der Waals surface area (Å²) >= 11 is 0. The lowest BCUT2D eigenvalue weighted by molar-refractivity contribution is 0.194. The molecule has 19 heavy (non-hydrogen) atoms. The normalized spacial score (nSPS) is 16.8. The van der Waals surface area contributed by atoms with Gasteiger partial charge in [0.15, 0.2) is 23.8 Å². The Bertz CT molecular complexity index is 410. The topological polar surface area (TPSA) is 89.5 Å². The number of hydrogen-bond acceptors (Lipinski definition) is 6. The van der Waals surface area contributed by atoms with Crippen LogP contribution in [0.2, 0.25) is 0 Å². The van der Waals surface area contributed by atoms with Crippen molar-refractivity contribution >= 4 is 19.7 Å². The van der Waals surface area contributed by atoms with Gasteiger partial charge < -0.3 is 4.74 Å². The molecule has 0 aromatic carbocycles. The van der Waals surface area contributed by atoms with E-state index < -0.39 is 23.8 Å². The number of hydrogen-bond donors (Lipinski definition) is 1. The zero-order chi connectivity index (χ0) is 15.2. The van der Waals surface area contributed by atoms with Crippen LogP contribution < -0.4 is 5.32 Å². The first-order valence-electron chi connectivity index (χ1n) is 6.41. The van der Waals surface area contributed by atoms with E-state index in [1.165, 1.54) is 20.8 Å². The van der Waals surface area contributed by atoms with Gasteiger partial charge in [0.2, 0.25) is 0 Å². The van der Waals surface area contributed by atoms with Crippen molar-refractivity contribution in [2.24, 2.45) is 0 Å². The van der Waals surface area contributed by atoms with Gasteiger partial charge in [0.1, 0.15) is 0 Å². The molecule has 0 atom stereocenters. The first kappa shape index (κ1) is 18.8. The van der Waals surface area contributed by atoms with Crippen molar-refractivity contribution in [3.05, 3.63) is 0 Å². The first-order valence-corrected chi connectivity index (χ1v) is 9.72. The van der Waals surface area contributed by atoms with Crippen molar-refractivity contribution in [3.63, 3.8) is 0 Å². The van der Waals surface area contributed by atoms with Crippen LogP contribution in [-0.4, -0.2) is 52.3 Å². The molecule has 1 fully saturated rings. The zero-order valence-electron chi connectivity index (χ0n) is 12.1. The molecular weight excluding hydrogens is 290 g/mol. The summed E-state index contributed by atoms with van der Waals surface area (Å²) in [7, 11) is -7.14. The van der Waals surface area contributed by atoms with E-state index in [4.69, 9.17) is 4.74 Å². The Hall–Kier alpha value is -0.180. The van der Waals surface area contributed by atoms with Crippen LogP contribution >= 0.6 is 0 Å². The minimum Gasteiger partial charge on any atom is -0.365 e. The largest absolute Gasteiger partial charge is 0.365 e. The first-order chi connectivity index (χ1) is 8.68. The maximum absolute atomic E-state index is 11.7. The van der Waals surface area contributed by atoms with E-state index in [1.54, 1.807) is 6.92 Å². The molecule has 0 radical (unpaired) electrons. The number of rotatable bonds is 5. The van der Waals surface area contributed by atoms with Gasteiger partial charge in [0.05, 0.1) is 13.3 Å². The summed E-state index contributed by atoms with van der Waals surface area (Å²) in [5.41, 5.74) is 0. The minimum absolute atomic E-state index is 0.0966. The highest BCUT2D eigenvalue weighted by atomic mass is 32.3. The fourth-order valence-corrected chi connectivity index (χ4v) is 5.96. The Morgan fingerprint density at radius 1 is 1.05 bits per heavy atom. The highest BCUT2D eigenvalue weighted by Gasteiger charge is 2.47. The summed E-state index contributed by atoms with van der Waals surface area (Å²) in [4.78, 5) is 0. The van der Waals surface area contributed by atoms with Crippen molar-refractivity contribution in [2.75, 3.05) is 31.4 Å². The lowest BCUT2D eigenvalue weighted by Gasteiger charge is -2.26. The third kappa shape index (κ3) is 4.40. The molecule has 1 aliphatic rings. The van der Waals surface area contributed by atoms with Crippen molar-refractivity contribution < 1.29 is 21.6 Å². The second-order valence-corrected chi connectivity index (χ2v) is 10.0. The summed E-state index contributed by atoms with van der Waals surface area (Å²) in [6.45, 7) is 8.48. The quantitative estimate of drug-likeness (QED) is 0.797. The van der Waals surface area contributed by atoms with Gasteiger partial charge in [0.25, 0.3) is 0 Å². The van der Waals surface area contributed by atoms with Gasteiger partial charge >= 0.3 is 0 Å². The molecule has 0 spiro atoms. The van der Waals surface area contributed by atoms with Crippen LogP contribution in [0.5, 0.6) is 0 Å². The predicted molar refractivity (Wildman–Crippen MR) is 76.4 cm³/mol. The monoisotopic (exact) mass is 315 g/mol. The highest BCUT2D eigenvalue weighted by Crippen LogP contribution is 2.29. The Kier molecular flexibility index (Phi) is 7.49. The Morgan fingerprint density at radius 2 is 1.53 bits per heavy atom. The molecule has 0 aromatic rings. The zero-order valence-corrected chi connectivity index (χ0v) is 13.7. The fraction of sp³-hybridized carbons (Fsp3) is 1.00. The lowest BCUT2D eigenvalue weighted by atomic mass is 10.4. The molecule has 0 bridgehead atoms. The van der Waals surface area contributed by atoms with Crippen molar-refractivity contribution in [2.45, 2.75) is 38.2 Å². The fourth-order valence-electron chi connectivity index (χ4n) is 1.60. The van der Waals surface area contributed by atoms with Crippen LogP contribution in [0.15, 0.2) is 0 Å². The van der Waals surface area contributed by atoms with Crippen LogP contribution in [0.3, 0.4) is 0 Å². The Morgan fingerprint density at radius 3 is 1.68 bits per heavy atom. The van der Waals surface area contributed by atoms with Gasteiger partial charge in [-0.05, 0) is 13.3 Å². The van der Waals surface area contributed by atoms with E-state index in [2.05, 4.69) is 5.32 Å². The summed E-state index contributed by atoms with van der Waals surface area (Å²) < 4.78 is 49.9. The standard InChI is InChI=1S/C8H18O4S2.C3H7NO/c1-5-8(4,13(9,10)6-2)14(11,12)7-3;1-2-5-3-4-1/h5-7H2,1-4H3;4H,1-3H2. The molecule has 1 saturated heterocycles. The van der Waals surface area contributed by atoms with Gasteiger partial charge in [-0.15, -0.1) is 0 Å². The smallest absolute Gasteiger partial charge is 0.170 e. The summed E-state index contributed by atoms with van der Waals surface area (Å²) in [6.07, 6.45) is 0.0966. The lowest BCUT2D eigenvalue weighted by Crippen LogP contribution is -2.44. The van der Waals surface area contributed by atoms with E-state index in [1.807, 2.05) is 0 Å². The number of nitrogens with one attached hydrogen (secondary N) is 1. The molecule has 6 nitrogen and oxygen atoms in total. The second kappa shape index (κ2) is 7.56. The molecule has 0 unspecified atom stereocenters. The molecule has 1 aliphatic heterocycles. The molecule has 1 heterocycles. The molecule has 116 valence electrons. The number of ether oxygens (including phenoxy) is 1. The maximum atomic E-state index is 11.7. The van der Waals surface area contributed by atoms with Gasteiger partial charge in [-0.25, -0.2) is 16.8 Å². The molecule has 0 amide bonds. The van der Waals surface area contributed by atoms with Gasteiger partial charge in [-0.2, -0.15) is 0 Å². The molecule has 1 rings (SSSR count). The Labute approximate surface area is 116 Å². The van der Waals surface area contributed by atoms with Crippen molar-refractivity contribution in [3.8, 4) is 0 Å². The SMILES string of the molecule is C1COCN1.CCC(C)(S(=O)(=O)CC)S(=O)(=O)CC. The molecule has 8 heteroatoms. The predicted octanol–water partition coefficient (Wildman–Crippen LogP) is 0.546. The Balaban J connectivity index is 0.000000532. The van der Waals surface area contributed by atoms with Crippen LogP contribution in [0.1, 0.15) is 34.1 Å². The van der Waals surface area contributed by atoms with Gasteiger partial charge in [0, 0.05) is 18.1 Å². The van der Waals surface area contributed by atoms with E-state index in [-0.39, 0.29) is 17.9 Å². The van der Waals surface area contributed by atoms with Crippen LogP contribution in [0, 0.1) is 0 Å². The summed E-state index contributed by atoms with van der Waals surface area (Å²) in [6, 6.07) is 0. The maximum Gasteiger partial charge on any atom is 0.170 e. The molecule has 0 aromatic heterocycles. The summed E-state index contributed by atoms with van der Waals surface area (Å²) in [5, 5.41) is 3.00. The van der Waals surface area contributed by atoms with Crippen LogP contribution in [-0.2, 0) is 24.4 Å². The minimum atomic E-state index is -3.57. The van der Waals surface area contributed by atoms with Crippen LogP contribution in [0.4, 0.5) is 0 Å². The van der Waals surface area contributed by atoms with Gasteiger partial charge in [-0.1, -0.05) is 20.8 Å². The van der Waals surface area contributed by atoms with Crippen LogP contribution in [0.25, 0.3) is 0 Å². The third-order valence-corrected chi connectivity index (χ3v) is 9.60. The molecule has 1 N–H and O–H groups in total. The van der Waals surface area contributed by atoms with E-state index in [0.29, 0.717) is 0 Å². The van der Waals surface area contributed by atoms with E-state index in [0.717, 1.165) is 19.9 Å². The van der Waals surface area contributed by atoms with E-state index in [9.17, 15) is 16.8 Å². The average Bonchev–Trinajstić information content (AvgIpc) is 2.96. The highest BCUT2D eigenvalue weighted by molar-refractivity contribution is 8.10. The van der Waals surface area contributed by atoms with Crippen molar-refractivity contribution in [1.29, 1.82) is 0 Å². The van der Waals surface area contributed by atoms with Gasteiger partial charge in [-0.3, -0.25) is 5.32 Å². The summed E-state index contributed by atoms with van der Waals surface area (Å²) in [5.74, 6) is -0.285.